The van der Waals surface area contributed by atoms with E-state index < -0.39 is 17.5 Å². The molecule has 142 valence electrons. The first kappa shape index (κ1) is 18.1. The lowest BCUT2D eigenvalue weighted by atomic mass is 9.74. The third-order valence-corrected chi connectivity index (χ3v) is 5.57. The number of hydrogen-bond acceptors (Lipinski definition) is 5. The number of fused-ring (bicyclic) bond motifs is 3. The lowest BCUT2D eigenvalue weighted by molar-refractivity contribution is -0.210. The minimum atomic E-state index is -1.57. The zero-order valence-electron chi connectivity index (χ0n) is 16.1. The molecule has 1 spiro atoms. The van der Waals surface area contributed by atoms with Gasteiger partial charge in [0.05, 0.1) is 7.11 Å². The smallest absolute Gasteiger partial charge is 0.223 e. The second-order valence-electron chi connectivity index (χ2n) is 8.32. The molecule has 2 bridgehead atoms. The van der Waals surface area contributed by atoms with Crippen molar-refractivity contribution in [2.75, 3.05) is 7.11 Å². The molecule has 5 nitrogen and oxygen atoms in total. The number of methoxy groups -OCH3 is 1. The van der Waals surface area contributed by atoms with Gasteiger partial charge in [-0.05, 0) is 17.1 Å². The highest BCUT2D eigenvalue weighted by Gasteiger charge is 2.69. The summed E-state index contributed by atoms with van der Waals surface area (Å²) in [5.74, 6) is -1.20. The number of hydrogen-bond donors (Lipinski definition) is 0. The number of benzene rings is 1. The van der Waals surface area contributed by atoms with Crippen molar-refractivity contribution in [2.45, 2.75) is 51.1 Å². The SMILES string of the molecule is COC1=C(C(C)(C)C)C=CC(=O)[C@]12O[C@]1(c3ccccc3)CCC(=O)[C@H]2O1. The molecule has 5 heteroatoms. The van der Waals surface area contributed by atoms with Gasteiger partial charge in [-0.25, -0.2) is 0 Å². The van der Waals surface area contributed by atoms with E-state index in [4.69, 9.17) is 14.2 Å². The first-order valence-electron chi connectivity index (χ1n) is 9.22. The Bertz CT molecular complexity index is 860. The standard InChI is InChI=1S/C22H24O5/c1-20(2,3)15-10-11-17(24)22(18(15)25-4)19-16(23)12-13-21(26-19,27-22)14-8-6-5-7-9-14/h5-11,19H,12-13H2,1-4H3/t19-,21+,22+/m1/s1. The van der Waals surface area contributed by atoms with Crippen LogP contribution in [-0.4, -0.2) is 30.4 Å². The lowest BCUT2D eigenvalue weighted by Crippen LogP contribution is -2.54. The zero-order valence-corrected chi connectivity index (χ0v) is 16.1. The molecule has 2 aliphatic heterocycles. The van der Waals surface area contributed by atoms with Gasteiger partial charge in [0.15, 0.2) is 23.5 Å². The van der Waals surface area contributed by atoms with Crippen LogP contribution in [0, 0.1) is 5.41 Å². The molecule has 2 fully saturated rings. The third-order valence-electron chi connectivity index (χ3n) is 5.57. The van der Waals surface area contributed by atoms with Crippen molar-refractivity contribution < 1.29 is 23.8 Å². The highest BCUT2D eigenvalue weighted by Crippen LogP contribution is 2.55. The molecule has 1 aromatic rings. The van der Waals surface area contributed by atoms with E-state index in [2.05, 4.69) is 0 Å². The van der Waals surface area contributed by atoms with Crippen molar-refractivity contribution in [1.29, 1.82) is 0 Å². The molecule has 0 N–H and O–H groups in total. The number of allylic oxidation sites excluding steroid dienone is 2. The average molecular weight is 368 g/mol. The number of Topliss-reactive ketones (excluding diaryl/α,β-unsaturated/α-hetero) is 1. The van der Waals surface area contributed by atoms with Gasteiger partial charge >= 0.3 is 0 Å². The summed E-state index contributed by atoms with van der Waals surface area (Å²) in [5.41, 5.74) is -0.236. The molecule has 2 heterocycles. The minimum Gasteiger partial charge on any atom is -0.497 e. The van der Waals surface area contributed by atoms with Crippen LogP contribution >= 0.6 is 0 Å². The topological polar surface area (TPSA) is 61.8 Å². The van der Waals surface area contributed by atoms with Gasteiger partial charge in [0.1, 0.15) is 5.76 Å². The molecule has 1 aromatic carbocycles. The van der Waals surface area contributed by atoms with Gasteiger partial charge in [-0.3, -0.25) is 9.59 Å². The average Bonchev–Trinajstić information content (AvgIpc) is 2.93. The van der Waals surface area contributed by atoms with Gasteiger partial charge in [-0.2, -0.15) is 0 Å². The van der Waals surface area contributed by atoms with E-state index in [9.17, 15) is 9.59 Å². The number of carbonyl (C=O) groups is 2. The summed E-state index contributed by atoms with van der Waals surface area (Å²) in [6.45, 7) is 6.10. The third kappa shape index (κ3) is 2.45. The molecule has 27 heavy (non-hydrogen) atoms. The number of ether oxygens (including phenoxy) is 3. The highest BCUT2D eigenvalue weighted by atomic mass is 16.8. The van der Waals surface area contributed by atoms with E-state index in [1.807, 2.05) is 51.1 Å². The molecule has 2 saturated heterocycles. The molecule has 0 radical (unpaired) electrons. The molecule has 3 atom stereocenters. The normalized spacial score (nSPS) is 33.1. The molecule has 0 unspecified atom stereocenters. The molecule has 0 aromatic heterocycles. The number of ketones is 2. The summed E-state index contributed by atoms with van der Waals surface area (Å²) in [7, 11) is 1.51. The zero-order chi connectivity index (χ0) is 19.4. The maximum absolute atomic E-state index is 13.2. The van der Waals surface area contributed by atoms with Crippen LogP contribution in [0.15, 0.2) is 53.8 Å². The Morgan fingerprint density at radius 2 is 1.81 bits per heavy atom. The Morgan fingerprint density at radius 1 is 1.11 bits per heavy atom. The number of carbonyl (C=O) groups excluding carboxylic acids is 2. The summed E-state index contributed by atoms with van der Waals surface area (Å²) >= 11 is 0. The van der Waals surface area contributed by atoms with E-state index in [1.54, 1.807) is 6.08 Å². The Hall–Kier alpha value is -2.24. The van der Waals surface area contributed by atoms with Crippen LogP contribution in [0.2, 0.25) is 0 Å². The largest absolute Gasteiger partial charge is 0.497 e. The second-order valence-corrected chi connectivity index (χ2v) is 8.32. The van der Waals surface area contributed by atoms with E-state index in [1.165, 1.54) is 13.2 Å². The Morgan fingerprint density at radius 3 is 2.44 bits per heavy atom. The van der Waals surface area contributed by atoms with Crippen molar-refractivity contribution in [2.24, 2.45) is 5.41 Å². The molecule has 1 aliphatic carbocycles. The molecular formula is C22H24O5. The van der Waals surface area contributed by atoms with Crippen LogP contribution in [0.25, 0.3) is 0 Å². The first-order chi connectivity index (χ1) is 12.7. The van der Waals surface area contributed by atoms with Crippen LogP contribution in [0.3, 0.4) is 0 Å². The van der Waals surface area contributed by atoms with Gasteiger partial charge in [0.2, 0.25) is 5.60 Å². The summed E-state index contributed by atoms with van der Waals surface area (Å²) in [6.07, 6.45) is 2.89. The summed E-state index contributed by atoms with van der Waals surface area (Å²) in [6, 6.07) is 9.49. The van der Waals surface area contributed by atoms with Crippen LogP contribution in [-0.2, 0) is 29.6 Å². The van der Waals surface area contributed by atoms with Gasteiger partial charge in [0.25, 0.3) is 0 Å². The second kappa shape index (κ2) is 5.88. The van der Waals surface area contributed by atoms with Crippen molar-refractivity contribution >= 4 is 11.6 Å². The Labute approximate surface area is 159 Å². The van der Waals surface area contributed by atoms with Gasteiger partial charge in [-0.15, -0.1) is 0 Å². The first-order valence-corrected chi connectivity index (χ1v) is 9.22. The van der Waals surface area contributed by atoms with Crippen molar-refractivity contribution in [3.05, 3.63) is 59.4 Å². The quantitative estimate of drug-likeness (QED) is 0.800. The molecule has 0 amide bonds. The fourth-order valence-electron chi connectivity index (χ4n) is 4.26. The Kier molecular flexibility index (Phi) is 3.95. The lowest BCUT2D eigenvalue weighted by Gasteiger charge is -2.37. The van der Waals surface area contributed by atoms with E-state index in [0.717, 1.165) is 11.1 Å². The van der Waals surface area contributed by atoms with Crippen molar-refractivity contribution in [3.63, 3.8) is 0 Å². The summed E-state index contributed by atoms with van der Waals surface area (Å²) in [5, 5.41) is 0. The molecule has 4 rings (SSSR count). The van der Waals surface area contributed by atoms with Crippen LogP contribution in [0.4, 0.5) is 0 Å². The van der Waals surface area contributed by atoms with Crippen molar-refractivity contribution in [1.82, 2.24) is 0 Å². The predicted molar refractivity (Wildman–Crippen MR) is 98.7 cm³/mol. The van der Waals surface area contributed by atoms with E-state index in [-0.39, 0.29) is 17.0 Å². The Balaban J connectivity index is 1.94. The fraction of sp³-hybridized carbons (Fsp3) is 0.455. The van der Waals surface area contributed by atoms with Gasteiger partial charge in [0, 0.05) is 18.4 Å². The molecule has 3 aliphatic rings. The van der Waals surface area contributed by atoms with Crippen LogP contribution < -0.4 is 0 Å². The van der Waals surface area contributed by atoms with Crippen LogP contribution in [0.5, 0.6) is 0 Å². The number of rotatable bonds is 2. The van der Waals surface area contributed by atoms with Crippen molar-refractivity contribution in [3.8, 4) is 0 Å². The summed E-state index contributed by atoms with van der Waals surface area (Å²) in [4.78, 5) is 26.0. The predicted octanol–water partition coefficient (Wildman–Crippen LogP) is 3.44. The van der Waals surface area contributed by atoms with Gasteiger partial charge < -0.3 is 14.2 Å². The maximum atomic E-state index is 13.2. The fourth-order valence-corrected chi connectivity index (χ4v) is 4.26. The monoisotopic (exact) mass is 368 g/mol. The van der Waals surface area contributed by atoms with E-state index >= 15 is 0 Å². The van der Waals surface area contributed by atoms with E-state index in [0.29, 0.717) is 18.6 Å². The molecular weight excluding hydrogens is 344 g/mol. The highest BCUT2D eigenvalue weighted by molar-refractivity contribution is 6.07. The molecule has 0 saturated carbocycles. The maximum Gasteiger partial charge on any atom is 0.223 e. The van der Waals surface area contributed by atoms with Gasteiger partial charge in [-0.1, -0.05) is 57.2 Å². The summed E-state index contributed by atoms with van der Waals surface area (Å²) < 4.78 is 18.4. The minimum absolute atomic E-state index is 0.134. The van der Waals surface area contributed by atoms with Crippen LogP contribution in [0.1, 0.15) is 39.2 Å².